The minimum atomic E-state index is -0.117. The molecule has 94 valence electrons. The zero-order chi connectivity index (χ0) is 12.1. The Hall–Kier alpha value is -1.10. The second-order valence-electron chi connectivity index (χ2n) is 4.43. The molecule has 2 N–H and O–H groups in total. The van der Waals surface area contributed by atoms with Gasteiger partial charge in [-0.1, -0.05) is 26.2 Å². The lowest BCUT2D eigenvalue weighted by Gasteiger charge is -2.22. The van der Waals surface area contributed by atoms with Crippen LogP contribution in [0.3, 0.4) is 0 Å². The molecule has 2 amide bonds. The van der Waals surface area contributed by atoms with Gasteiger partial charge in [-0.15, -0.1) is 11.3 Å². The molecule has 1 saturated carbocycles. The van der Waals surface area contributed by atoms with E-state index < -0.39 is 0 Å². The summed E-state index contributed by atoms with van der Waals surface area (Å²) in [6.07, 6.45) is 6.86. The maximum atomic E-state index is 11.7. The van der Waals surface area contributed by atoms with Gasteiger partial charge < -0.3 is 5.32 Å². The van der Waals surface area contributed by atoms with Crippen molar-refractivity contribution in [3.05, 3.63) is 11.1 Å². The number of aromatic nitrogens is 1. The van der Waals surface area contributed by atoms with E-state index in [1.165, 1.54) is 30.6 Å². The van der Waals surface area contributed by atoms with Gasteiger partial charge in [-0.2, -0.15) is 0 Å². The third kappa shape index (κ3) is 3.70. The van der Waals surface area contributed by atoms with Crippen molar-refractivity contribution in [1.82, 2.24) is 10.3 Å². The summed E-state index contributed by atoms with van der Waals surface area (Å²) >= 11 is 1.48. The van der Waals surface area contributed by atoms with Gasteiger partial charge in [0.15, 0.2) is 5.13 Å². The predicted octanol–water partition coefficient (Wildman–Crippen LogP) is 3.16. The summed E-state index contributed by atoms with van der Waals surface area (Å²) in [5, 5.41) is 8.48. The predicted molar refractivity (Wildman–Crippen MR) is 70.5 cm³/mol. The molecular weight excluding hydrogens is 234 g/mol. The Morgan fingerprint density at radius 1 is 1.47 bits per heavy atom. The molecule has 17 heavy (non-hydrogen) atoms. The van der Waals surface area contributed by atoms with E-state index in [1.54, 1.807) is 0 Å². The van der Waals surface area contributed by atoms with Gasteiger partial charge in [0.25, 0.3) is 0 Å². The van der Waals surface area contributed by atoms with Crippen molar-refractivity contribution in [2.24, 2.45) is 0 Å². The standard InChI is InChI=1S/C12H19N3OS/c1-2-9-8-17-12(14-9)15-11(16)13-10-6-4-3-5-7-10/h8,10H,2-7H2,1H3,(H2,13,14,15,16). The van der Waals surface area contributed by atoms with Crippen LogP contribution in [0.15, 0.2) is 5.38 Å². The largest absolute Gasteiger partial charge is 0.335 e. The highest BCUT2D eigenvalue weighted by molar-refractivity contribution is 7.13. The molecule has 0 spiro atoms. The fraction of sp³-hybridized carbons (Fsp3) is 0.667. The van der Waals surface area contributed by atoms with Crippen molar-refractivity contribution in [3.8, 4) is 0 Å². The zero-order valence-electron chi connectivity index (χ0n) is 10.2. The highest BCUT2D eigenvalue weighted by atomic mass is 32.1. The van der Waals surface area contributed by atoms with Crippen LogP contribution in [0, 0.1) is 0 Å². The van der Waals surface area contributed by atoms with Gasteiger partial charge in [0.1, 0.15) is 0 Å². The monoisotopic (exact) mass is 253 g/mol. The second kappa shape index (κ2) is 6.00. The number of rotatable bonds is 3. The molecule has 0 bridgehead atoms. The number of carbonyl (C=O) groups is 1. The van der Waals surface area contributed by atoms with Crippen molar-refractivity contribution >= 4 is 22.5 Å². The number of hydrogen-bond acceptors (Lipinski definition) is 3. The number of nitrogens with one attached hydrogen (secondary N) is 2. The molecule has 1 aromatic heterocycles. The highest BCUT2D eigenvalue weighted by Gasteiger charge is 2.16. The molecule has 4 nitrogen and oxygen atoms in total. The normalized spacial score (nSPS) is 16.8. The van der Waals surface area contributed by atoms with E-state index in [4.69, 9.17) is 0 Å². The van der Waals surface area contributed by atoms with Crippen LogP contribution < -0.4 is 10.6 Å². The molecule has 1 heterocycles. The maximum Gasteiger partial charge on any atom is 0.321 e. The lowest BCUT2D eigenvalue weighted by molar-refractivity contribution is 0.244. The van der Waals surface area contributed by atoms with E-state index in [9.17, 15) is 4.79 Å². The van der Waals surface area contributed by atoms with Crippen molar-refractivity contribution in [2.75, 3.05) is 5.32 Å². The summed E-state index contributed by atoms with van der Waals surface area (Å²) in [4.78, 5) is 16.0. The van der Waals surface area contributed by atoms with Crippen LogP contribution in [0.4, 0.5) is 9.93 Å². The van der Waals surface area contributed by atoms with Crippen LogP contribution in [0.25, 0.3) is 0 Å². The molecule has 0 atom stereocenters. The van der Waals surface area contributed by atoms with E-state index in [0.29, 0.717) is 11.2 Å². The fourth-order valence-electron chi connectivity index (χ4n) is 2.09. The van der Waals surface area contributed by atoms with E-state index >= 15 is 0 Å². The molecule has 5 heteroatoms. The van der Waals surface area contributed by atoms with Gasteiger partial charge in [-0.3, -0.25) is 5.32 Å². The Kier molecular flexibility index (Phi) is 4.36. The van der Waals surface area contributed by atoms with E-state index in [1.807, 2.05) is 5.38 Å². The van der Waals surface area contributed by atoms with Crippen LogP contribution >= 0.6 is 11.3 Å². The summed E-state index contributed by atoms with van der Waals surface area (Å²) in [5.41, 5.74) is 1.03. The molecule has 0 saturated heterocycles. The van der Waals surface area contributed by atoms with Crippen molar-refractivity contribution < 1.29 is 4.79 Å². The maximum absolute atomic E-state index is 11.7. The van der Waals surface area contributed by atoms with Gasteiger partial charge in [-0.05, 0) is 19.3 Å². The fourth-order valence-corrected chi connectivity index (χ4v) is 2.88. The van der Waals surface area contributed by atoms with Crippen LogP contribution in [-0.4, -0.2) is 17.1 Å². The first kappa shape index (κ1) is 12.4. The van der Waals surface area contributed by atoms with Gasteiger partial charge in [0.05, 0.1) is 5.69 Å². The second-order valence-corrected chi connectivity index (χ2v) is 5.29. The summed E-state index contributed by atoms with van der Waals surface area (Å²) in [7, 11) is 0. The number of anilines is 1. The van der Waals surface area contributed by atoms with Crippen molar-refractivity contribution in [3.63, 3.8) is 0 Å². The lowest BCUT2D eigenvalue weighted by Crippen LogP contribution is -2.38. The van der Waals surface area contributed by atoms with Gasteiger partial charge >= 0.3 is 6.03 Å². The third-order valence-corrected chi connectivity index (χ3v) is 3.88. The Morgan fingerprint density at radius 3 is 2.88 bits per heavy atom. The van der Waals surface area contributed by atoms with Crippen LogP contribution in [0.2, 0.25) is 0 Å². The average molecular weight is 253 g/mol. The lowest BCUT2D eigenvalue weighted by atomic mass is 9.96. The van der Waals surface area contributed by atoms with Crippen molar-refractivity contribution in [2.45, 2.75) is 51.5 Å². The zero-order valence-corrected chi connectivity index (χ0v) is 11.0. The summed E-state index contributed by atoms with van der Waals surface area (Å²) < 4.78 is 0. The molecule has 1 aliphatic rings. The molecular formula is C12H19N3OS. The van der Waals surface area contributed by atoms with Gasteiger partial charge in [0, 0.05) is 11.4 Å². The quantitative estimate of drug-likeness (QED) is 0.869. The molecule has 1 fully saturated rings. The minimum Gasteiger partial charge on any atom is -0.335 e. The summed E-state index contributed by atoms with van der Waals surface area (Å²) in [5.74, 6) is 0. The molecule has 0 radical (unpaired) electrons. The van der Waals surface area contributed by atoms with Gasteiger partial charge in [0.2, 0.25) is 0 Å². The average Bonchev–Trinajstić information content (AvgIpc) is 2.78. The minimum absolute atomic E-state index is 0.117. The Morgan fingerprint density at radius 2 is 2.24 bits per heavy atom. The van der Waals surface area contributed by atoms with E-state index in [0.717, 1.165) is 25.0 Å². The molecule has 0 aromatic carbocycles. The molecule has 0 unspecified atom stereocenters. The molecule has 0 aliphatic heterocycles. The molecule has 1 aliphatic carbocycles. The van der Waals surface area contributed by atoms with Gasteiger partial charge in [-0.25, -0.2) is 9.78 Å². The number of nitrogens with zero attached hydrogens (tertiary/aromatic N) is 1. The summed E-state index contributed by atoms with van der Waals surface area (Å²) in [6.45, 7) is 2.06. The van der Waals surface area contributed by atoms with Crippen LogP contribution in [0.1, 0.15) is 44.7 Å². The first-order valence-corrected chi connectivity index (χ1v) is 7.18. The molecule has 1 aromatic rings. The Balaban J connectivity index is 1.79. The number of amides is 2. The number of carbonyl (C=O) groups excluding carboxylic acids is 1. The Labute approximate surface area is 106 Å². The smallest absolute Gasteiger partial charge is 0.321 e. The van der Waals surface area contributed by atoms with Crippen LogP contribution in [0.5, 0.6) is 0 Å². The first-order valence-electron chi connectivity index (χ1n) is 6.30. The van der Waals surface area contributed by atoms with E-state index in [-0.39, 0.29) is 6.03 Å². The number of aryl methyl sites for hydroxylation is 1. The topological polar surface area (TPSA) is 54.0 Å². The molecule has 2 rings (SSSR count). The number of hydrogen-bond donors (Lipinski definition) is 2. The Bertz CT molecular complexity index is 372. The van der Waals surface area contributed by atoms with E-state index in [2.05, 4.69) is 22.5 Å². The highest BCUT2D eigenvalue weighted by Crippen LogP contribution is 2.18. The third-order valence-electron chi connectivity index (χ3n) is 3.07. The number of thiazole rings is 1. The summed E-state index contributed by atoms with van der Waals surface area (Å²) in [6, 6.07) is 0.225. The van der Waals surface area contributed by atoms with Crippen LogP contribution in [-0.2, 0) is 6.42 Å². The van der Waals surface area contributed by atoms with Crippen molar-refractivity contribution in [1.29, 1.82) is 0 Å². The number of urea groups is 1. The first-order chi connectivity index (χ1) is 8.28. The SMILES string of the molecule is CCc1csc(NC(=O)NC2CCCCC2)n1.